The van der Waals surface area contributed by atoms with Gasteiger partial charge in [-0.25, -0.2) is 9.59 Å². The van der Waals surface area contributed by atoms with E-state index in [0.717, 1.165) is 0 Å². The zero-order valence-corrected chi connectivity index (χ0v) is 11.8. The van der Waals surface area contributed by atoms with Crippen LogP contribution in [0.4, 0.5) is 0 Å². The second-order valence-corrected chi connectivity index (χ2v) is 3.92. The molecule has 8 N–H and O–H groups in total. The second kappa shape index (κ2) is 22.3. The largest absolute Gasteiger partial charge is 0.614 e. The highest BCUT2D eigenvalue weighted by molar-refractivity contribution is 7.53. The fourth-order valence-electron chi connectivity index (χ4n) is 0.400. The number of carbonyl (C=O) groups excluding carboxylic acids is 3. The number of hydrogen-bond donors (Lipinski definition) is 6. The van der Waals surface area contributed by atoms with Crippen molar-refractivity contribution in [2.45, 2.75) is 28.7 Å². The number of carboxylic acids is 3. The Balaban J connectivity index is -0.0000000426. The number of hydrogen-bond acceptors (Lipinski definition) is 10. The van der Waals surface area contributed by atoms with Gasteiger partial charge in [0.2, 0.25) is 0 Å². The molecule has 0 aliphatic rings. The Labute approximate surface area is 148 Å². The van der Waals surface area contributed by atoms with Gasteiger partial charge in [-0.2, -0.15) is 24.3 Å². The van der Waals surface area contributed by atoms with E-state index in [4.69, 9.17) is 39.6 Å². The van der Waals surface area contributed by atoms with Crippen molar-refractivity contribution in [3.8, 4) is 0 Å². The number of ketones is 1. The minimum Gasteiger partial charge on any atom is -0.481 e. The first-order chi connectivity index (χ1) is 9.78. The first-order valence-corrected chi connectivity index (χ1v) is 6.01. The SMILES string of the molecule is C.C.C.C=C(O[P+](O)(O)O)C(=O)O.O.O=C(O)CC(=O)C(=O)O.O=C=O. The van der Waals surface area contributed by atoms with E-state index in [1.807, 2.05) is 0 Å². The fraction of sp³-hybridized carbons (Fsp3) is 0.364. The number of Topliss-reactive ketones (excluding diaryl/α,β-unsaturated/α-hetero) is 1. The van der Waals surface area contributed by atoms with Gasteiger partial charge < -0.3 is 20.8 Å². The molecule has 0 aliphatic carbocycles. The zero-order valence-electron chi connectivity index (χ0n) is 10.9. The standard InChI is InChI=1S/C4H4O5.C3H5O6P.CO2.3CH4.H2O/c5-2(4(8)9)1-3(6)7;1-2(3(4)5)9-10(6,7)8;2-1-3;;;;/h1H2,(H,6,7)(H,8,9);6-8H,1H2;;3*1H4;1H2/p+1. The van der Waals surface area contributed by atoms with Crippen LogP contribution in [0.5, 0.6) is 0 Å². The van der Waals surface area contributed by atoms with Crippen LogP contribution in [0.1, 0.15) is 28.7 Å². The van der Waals surface area contributed by atoms with Crippen LogP contribution in [-0.4, -0.2) is 65.3 Å². The van der Waals surface area contributed by atoms with Crippen molar-refractivity contribution in [3.63, 3.8) is 0 Å². The van der Waals surface area contributed by atoms with Gasteiger partial charge in [0.1, 0.15) is 6.42 Å². The Morgan fingerprint density at radius 1 is 0.885 bits per heavy atom. The minimum atomic E-state index is -4.51. The molecule has 0 radical (unpaired) electrons. The molecule has 0 aliphatic heterocycles. The average molecular weight is 411 g/mol. The van der Waals surface area contributed by atoms with E-state index >= 15 is 0 Å². The van der Waals surface area contributed by atoms with Crippen LogP contribution < -0.4 is 0 Å². The monoisotopic (exact) mass is 411 g/mol. The lowest BCUT2D eigenvalue weighted by atomic mass is 10.3. The molecular weight excluding hydrogens is 387 g/mol. The van der Waals surface area contributed by atoms with Crippen molar-refractivity contribution in [1.29, 1.82) is 0 Å². The average Bonchev–Trinajstić information content (AvgIpc) is 2.27. The summed E-state index contributed by atoms with van der Waals surface area (Å²) in [6.45, 7) is 2.77. The first kappa shape index (κ1) is 43.6. The maximum atomic E-state index is 9.97. The van der Waals surface area contributed by atoms with Crippen LogP contribution in [0, 0.1) is 0 Å². The van der Waals surface area contributed by atoms with Crippen LogP contribution >= 0.6 is 8.17 Å². The number of aliphatic carboxylic acids is 3. The van der Waals surface area contributed by atoms with Crippen LogP contribution in [0.25, 0.3) is 0 Å². The van der Waals surface area contributed by atoms with Crippen LogP contribution in [-0.2, 0) is 33.3 Å². The normalized spacial score (nSPS) is 7.35. The Morgan fingerprint density at radius 3 is 1.27 bits per heavy atom. The highest BCUT2D eigenvalue weighted by Crippen LogP contribution is 2.47. The van der Waals surface area contributed by atoms with Gasteiger partial charge >= 0.3 is 32.2 Å². The number of carbonyl (C=O) groups is 4. The summed E-state index contributed by atoms with van der Waals surface area (Å²) < 4.78 is 3.68. The van der Waals surface area contributed by atoms with Gasteiger partial charge in [0.25, 0.3) is 11.5 Å². The van der Waals surface area contributed by atoms with E-state index in [0.29, 0.717) is 0 Å². The van der Waals surface area contributed by atoms with Crippen molar-refractivity contribution in [2.24, 2.45) is 0 Å². The number of rotatable bonds is 6. The Bertz CT molecular complexity index is 472. The molecule has 0 aromatic carbocycles. The highest BCUT2D eigenvalue weighted by atomic mass is 31.2. The molecular formula is C11H24O14P+. The summed E-state index contributed by atoms with van der Waals surface area (Å²) in [7, 11) is -4.51. The Morgan fingerprint density at radius 2 is 1.19 bits per heavy atom. The minimum absolute atomic E-state index is 0. The molecule has 0 bridgehead atoms. The van der Waals surface area contributed by atoms with E-state index in [1.165, 1.54) is 0 Å². The first-order valence-electron chi connectivity index (χ1n) is 4.44. The van der Waals surface area contributed by atoms with Crippen molar-refractivity contribution in [3.05, 3.63) is 12.3 Å². The van der Waals surface area contributed by atoms with E-state index in [-0.39, 0.29) is 33.9 Å². The van der Waals surface area contributed by atoms with Crippen molar-refractivity contribution >= 4 is 38.0 Å². The molecule has 0 saturated heterocycles. The van der Waals surface area contributed by atoms with Gasteiger partial charge in [-0.1, -0.05) is 22.3 Å². The van der Waals surface area contributed by atoms with Gasteiger partial charge in [-0.3, -0.25) is 14.1 Å². The molecule has 0 unspecified atom stereocenters. The summed E-state index contributed by atoms with van der Waals surface area (Å²) in [6, 6.07) is 0. The Hall–Kier alpha value is -2.73. The number of carboxylic acid groups (broad SMARTS) is 3. The molecule has 0 fully saturated rings. The molecule has 0 rings (SSSR count). The van der Waals surface area contributed by atoms with Crippen molar-refractivity contribution in [1.82, 2.24) is 0 Å². The molecule has 14 nitrogen and oxygen atoms in total. The molecule has 0 saturated carbocycles. The van der Waals surface area contributed by atoms with E-state index in [1.54, 1.807) is 0 Å². The topological polar surface area (TPSA) is 265 Å². The molecule has 0 aromatic heterocycles. The summed E-state index contributed by atoms with van der Waals surface area (Å²) in [5.41, 5.74) is 0. The predicted octanol–water partition coefficient (Wildman–Crippen LogP) is -1.13. The maximum Gasteiger partial charge on any atom is 0.614 e. The van der Waals surface area contributed by atoms with Crippen LogP contribution in [0.15, 0.2) is 12.3 Å². The molecule has 15 heteroatoms. The fourth-order valence-corrected chi connectivity index (χ4v) is 0.774. The summed E-state index contributed by atoms with van der Waals surface area (Å²) in [4.78, 5) is 79.6. The quantitative estimate of drug-likeness (QED) is 0.0994. The molecule has 0 heterocycles. The molecule has 26 heavy (non-hydrogen) atoms. The van der Waals surface area contributed by atoms with Gasteiger partial charge in [-0.15, -0.1) is 0 Å². The van der Waals surface area contributed by atoms with E-state index in [9.17, 15) is 19.2 Å². The van der Waals surface area contributed by atoms with Crippen molar-refractivity contribution in [2.75, 3.05) is 0 Å². The lowest BCUT2D eigenvalue weighted by Crippen LogP contribution is -2.16. The summed E-state index contributed by atoms with van der Waals surface area (Å²) in [5.74, 6) is -6.93. The third-order valence-corrected chi connectivity index (χ3v) is 1.49. The van der Waals surface area contributed by atoms with E-state index < -0.39 is 44.0 Å². The van der Waals surface area contributed by atoms with Crippen LogP contribution in [0.2, 0.25) is 0 Å². The second-order valence-electron chi connectivity index (χ2n) is 2.72. The maximum absolute atomic E-state index is 9.97. The summed E-state index contributed by atoms with van der Waals surface area (Å²) >= 11 is 0. The molecule has 0 spiro atoms. The Kier molecular flexibility index (Phi) is 37.3. The molecule has 0 aromatic rings. The van der Waals surface area contributed by atoms with Gasteiger partial charge in [-0.05, 0) is 6.58 Å². The molecule has 0 amide bonds. The smallest absolute Gasteiger partial charge is 0.481 e. The van der Waals surface area contributed by atoms with Gasteiger partial charge in [0, 0.05) is 0 Å². The lowest BCUT2D eigenvalue weighted by molar-refractivity contribution is -0.191. The van der Waals surface area contributed by atoms with Crippen molar-refractivity contribution < 1.29 is 68.8 Å². The summed E-state index contributed by atoms with van der Waals surface area (Å²) in [5, 5.41) is 23.7. The van der Waals surface area contributed by atoms with E-state index in [2.05, 4.69) is 11.1 Å². The molecule has 156 valence electrons. The summed E-state index contributed by atoms with van der Waals surface area (Å²) in [6.07, 6.45) is -0.699. The van der Waals surface area contributed by atoms with Gasteiger partial charge in [0.15, 0.2) is 0 Å². The highest BCUT2D eigenvalue weighted by Gasteiger charge is 2.37. The lowest BCUT2D eigenvalue weighted by Gasteiger charge is -2.01. The predicted molar refractivity (Wildman–Crippen MR) is 85.1 cm³/mol. The van der Waals surface area contributed by atoms with Gasteiger partial charge in [0.05, 0.1) is 0 Å². The third kappa shape index (κ3) is 42.9. The third-order valence-electron chi connectivity index (χ3n) is 1.02. The molecule has 0 atom stereocenters. The van der Waals surface area contributed by atoms with Crippen LogP contribution in [0.3, 0.4) is 0 Å². The zero-order chi connectivity index (χ0) is 18.5.